The van der Waals surface area contributed by atoms with Gasteiger partial charge in [-0.05, 0) is 12.5 Å². The molecule has 0 fully saturated rings. The Morgan fingerprint density at radius 3 is 2.39 bits per heavy atom. The molecule has 2 aromatic rings. The Morgan fingerprint density at radius 1 is 1.11 bits per heavy atom. The lowest BCUT2D eigenvalue weighted by Gasteiger charge is -2.08. The molecule has 0 unspecified atom stereocenters. The summed E-state index contributed by atoms with van der Waals surface area (Å²) in [6.07, 6.45) is 0. The van der Waals surface area contributed by atoms with Gasteiger partial charge in [0, 0.05) is 7.05 Å². The van der Waals surface area contributed by atoms with E-state index in [0.717, 1.165) is 15.0 Å². The fraction of sp³-hybridized carbons (Fsp3) is 0.333. The first-order valence-corrected chi connectivity index (χ1v) is 5.71. The molecule has 6 heteroatoms. The van der Waals surface area contributed by atoms with E-state index in [0.29, 0.717) is 13.2 Å². The zero-order valence-corrected chi connectivity index (χ0v) is 10.4. The monoisotopic (exact) mass is 249 g/mol. The van der Waals surface area contributed by atoms with Crippen LogP contribution < -0.4 is 16.2 Å². The third kappa shape index (κ3) is 2.09. The van der Waals surface area contributed by atoms with E-state index in [1.165, 1.54) is 11.7 Å². The van der Waals surface area contributed by atoms with Crippen LogP contribution in [0.15, 0.2) is 39.9 Å². The van der Waals surface area contributed by atoms with Crippen molar-refractivity contribution in [1.82, 2.24) is 14.1 Å². The van der Waals surface area contributed by atoms with Gasteiger partial charge < -0.3 is 4.84 Å². The molecule has 1 aromatic carbocycles. The van der Waals surface area contributed by atoms with Gasteiger partial charge in [0.05, 0.1) is 6.54 Å². The molecular formula is C12H15N3O3. The lowest BCUT2D eigenvalue weighted by atomic mass is 10.2. The summed E-state index contributed by atoms with van der Waals surface area (Å²) in [5.74, 6) is 0. The first-order valence-electron chi connectivity index (χ1n) is 5.71. The molecule has 0 aliphatic rings. The van der Waals surface area contributed by atoms with Crippen molar-refractivity contribution < 1.29 is 4.84 Å². The molecule has 0 saturated heterocycles. The van der Waals surface area contributed by atoms with Gasteiger partial charge in [0.25, 0.3) is 0 Å². The van der Waals surface area contributed by atoms with Crippen LogP contribution in [0, 0.1) is 0 Å². The molecule has 0 saturated carbocycles. The van der Waals surface area contributed by atoms with Crippen molar-refractivity contribution in [2.24, 2.45) is 7.05 Å². The molecule has 0 amide bonds. The van der Waals surface area contributed by atoms with Gasteiger partial charge >= 0.3 is 11.4 Å². The van der Waals surface area contributed by atoms with E-state index in [1.54, 1.807) is 6.92 Å². The Hall–Kier alpha value is -2.24. The second-order valence-corrected chi connectivity index (χ2v) is 3.86. The van der Waals surface area contributed by atoms with E-state index in [9.17, 15) is 9.59 Å². The third-order valence-electron chi connectivity index (χ3n) is 2.60. The number of hydrogen-bond acceptors (Lipinski definition) is 3. The molecule has 18 heavy (non-hydrogen) atoms. The Balaban J connectivity index is 2.47. The fourth-order valence-corrected chi connectivity index (χ4v) is 1.70. The normalized spacial score (nSPS) is 10.6. The van der Waals surface area contributed by atoms with Crippen LogP contribution in [0.4, 0.5) is 0 Å². The number of benzene rings is 1. The highest BCUT2D eigenvalue weighted by molar-refractivity contribution is 5.14. The Bertz CT molecular complexity index is 637. The summed E-state index contributed by atoms with van der Waals surface area (Å²) in [7, 11) is 1.43. The van der Waals surface area contributed by atoms with E-state index in [4.69, 9.17) is 4.84 Å². The Labute approximate surface area is 104 Å². The average molecular weight is 249 g/mol. The molecule has 0 N–H and O–H groups in total. The summed E-state index contributed by atoms with van der Waals surface area (Å²) in [4.78, 5) is 29.9. The van der Waals surface area contributed by atoms with E-state index < -0.39 is 11.4 Å². The van der Waals surface area contributed by atoms with Crippen LogP contribution in [-0.4, -0.2) is 20.7 Å². The van der Waals surface area contributed by atoms with Crippen LogP contribution in [0.2, 0.25) is 0 Å². The van der Waals surface area contributed by atoms with Crippen LogP contribution >= 0.6 is 0 Å². The quantitative estimate of drug-likeness (QED) is 0.757. The van der Waals surface area contributed by atoms with Crippen LogP contribution in [0.5, 0.6) is 0 Å². The van der Waals surface area contributed by atoms with Crippen molar-refractivity contribution in [3.8, 4) is 0 Å². The fourth-order valence-electron chi connectivity index (χ4n) is 1.70. The standard InChI is InChI=1S/C12H15N3O3/c1-3-18-15-12(17)13(2)11(16)14(15)9-10-7-5-4-6-8-10/h4-8H,3,9H2,1-2H3. The molecule has 0 bridgehead atoms. The summed E-state index contributed by atoms with van der Waals surface area (Å²) >= 11 is 0. The second-order valence-electron chi connectivity index (χ2n) is 3.86. The van der Waals surface area contributed by atoms with Gasteiger partial charge in [-0.2, -0.15) is 4.68 Å². The number of nitrogens with zero attached hydrogens (tertiary/aromatic N) is 3. The van der Waals surface area contributed by atoms with E-state index in [2.05, 4.69) is 0 Å². The van der Waals surface area contributed by atoms with Gasteiger partial charge in [-0.25, -0.2) is 14.2 Å². The van der Waals surface area contributed by atoms with Crippen molar-refractivity contribution in [3.63, 3.8) is 0 Å². The number of aromatic nitrogens is 3. The predicted molar refractivity (Wildman–Crippen MR) is 66.6 cm³/mol. The predicted octanol–water partition coefficient (Wildman–Crippen LogP) is -0.155. The lowest BCUT2D eigenvalue weighted by molar-refractivity contribution is 0.0558. The van der Waals surface area contributed by atoms with Crippen LogP contribution in [0.1, 0.15) is 12.5 Å². The van der Waals surface area contributed by atoms with Crippen LogP contribution in [0.25, 0.3) is 0 Å². The van der Waals surface area contributed by atoms with Crippen molar-refractivity contribution in [1.29, 1.82) is 0 Å². The smallest absolute Gasteiger partial charge is 0.381 e. The van der Waals surface area contributed by atoms with E-state index in [-0.39, 0.29) is 0 Å². The van der Waals surface area contributed by atoms with Gasteiger partial charge in [-0.15, -0.1) is 0 Å². The summed E-state index contributed by atoms with van der Waals surface area (Å²) in [6, 6.07) is 9.44. The number of rotatable bonds is 4. The zero-order valence-electron chi connectivity index (χ0n) is 10.4. The van der Waals surface area contributed by atoms with Crippen molar-refractivity contribution in [3.05, 3.63) is 56.9 Å². The first-order chi connectivity index (χ1) is 8.65. The van der Waals surface area contributed by atoms with Gasteiger partial charge in [0.1, 0.15) is 6.61 Å². The van der Waals surface area contributed by atoms with Crippen LogP contribution in [0.3, 0.4) is 0 Å². The topological polar surface area (TPSA) is 58.2 Å². The molecule has 96 valence electrons. The SMILES string of the molecule is CCOn1c(=O)n(C)c(=O)n1Cc1ccccc1. The van der Waals surface area contributed by atoms with Gasteiger partial charge in [-0.3, -0.25) is 0 Å². The molecule has 0 radical (unpaired) electrons. The maximum Gasteiger partial charge on any atom is 0.381 e. The molecule has 6 nitrogen and oxygen atoms in total. The Kier molecular flexibility index (Phi) is 3.36. The van der Waals surface area contributed by atoms with Crippen molar-refractivity contribution in [2.75, 3.05) is 6.61 Å². The summed E-state index contributed by atoms with van der Waals surface area (Å²) in [5.41, 5.74) is 0.0636. The average Bonchev–Trinajstić information content (AvgIpc) is 2.58. The molecule has 0 aliphatic heterocycles. The van der Waals surface area contributed by atoms with Gasteiger partial charge in [-0.1, -0.05) is 35.2 Å². The maximum absolute atomic E-state index is 11.9. The largest absolute Gasteiger partial charge is 0.394 e. The molecule has 0 atom stereocenters. The minimum absolute atomic E-state index is 0.301. The highest BCUT2D eigenvalue weighted by Gasteiger charge is 2.13. The summed E-state index contributed by atoms with van der Waals surface area (Å²) in [6.45, 7) is 2.38. The van der Waals surface area contributed by atoms with Crippen molar-refractivity contribution >= 4 is 0 Å². The van der Waals surface area contributed by atoms with Gasteiger partial charge in [0.15, 0.2) is 0 Å². The Morgan fingerprint density at radius 2 is 1.78 bits per heavy atom. The molecule has 0 spiro atoms. The minimum atomic E-state index is -0.474. The molecule has 1 heterocycles. The van der Waals surface area contributed by atoms with Crippen LogP contribution in [-0.2, 0) is 13.6 Å². The highest BCUT2D eigenvalue weighted by atomic mass is 16.7. The number of hydrogen-bond donors (Lipinski definition) is 0. The second kappa shape index (κ2) is 4.95. The van der Waals surface area contributed by atoms with Crippen molar-refractivity contribution in [2.45, 2.75) is 13.5 Å². The van der Waals surface area contributed by atoms with Gasteiger partial charge in [0.2, 0.25) is 0 Å². The minimum Gasteiger partial charge on any atom is -0.394 e. The first kappa shape index (κ1) is 12.2. The molecule has 1 aromatic heterocycles. The zero-order chi connectivity index (χ0) is 13.1. The molecular weight excluding hydrogens is 234 g/mol. The van der Waals surface area contributed by atoms with E-state index >= 15 is 0 Å². The summed E-state index contributed by atoms with van der Waals surface area (Å²) in [5, 5.41) is 0. The summed E-state index contributed by atoms with van der Waals surface area (Å²) < 4.78 is 2.31. The molecule has 0 aliphatic carbocycles. The van der Waals surface area contributed by atoms with E-state index in [1.807, 2.05) is 30.3 Å². The molecule has 2 rings (SSSR count). The highest BCUT2D eigenvalue weighted by Crippen LogP contribution is 1.99. The maximum atomic E-state index is 11.9. The lowest BCUT2D eigenvalue weighted by Crippen LogP contribution is -2.33. The third-order valence-corrected chi connectivity index (χ3v) is 2.60.